The molecular weight excluding hydrogens is 775 g/mol. The minimum atomic E-state index is 0.877. The molecule has 0 aliphatic rings. The van der Waals surface area contributed by atoms with Crippen LogP contribution in [0.1, 0.15) is 0 Å². The molecule has 0 aliphatic heterocycles. The standard InChI is InChI=1S/C62H43NO/c1-3-16-47(17-4-1)55-23-8-10-26-58(55)59-27-11-9-24-56(59)49-36-40-54(41-37-49)63(60-28-13-12-25-57(60)48-18-5-2-6-19-48)53-38-34-45(35-39-53)44-30-32-46(33-31-44)50-21-15-22-51(42-50)62-43-52-20-7-14-29-61(52)64-62/h1-43H. The highest BCUT2D eigenvalue weighted by Gasteiger charge is 2.19. The van der Waals surface area contributed by atoms with Crippen LogP contribution in [0.2, 0.25) is 0 Å². The Morgan fingerprint density at radius 1 is 0.250 bits per heavy atom. The van der Waals surface area contributed by atoms with E-state index in [0.29, 0.717) is 0 Å². The predicted molar refractivity (Wildman–Crippen MR) is 269 cm³/mol. The first kappa shape index (κ1) is 38.5. The molecule has 0 aliphatic carbocycles. The number of para-hydroxylation sites is 2. The molecule has 0 amide bonds. The fourth-order valence-corrected chi connectivity index (χ4v) is 8.94. The number of hydrogen-bond donors (Lipinski definition) is 0. The molecule has 2 nitrogen and oxygen atoms in total. The van der Waals surface area contributed by atoms with Crippen molar-refractivity contribution in [2.45, 2.75) is 0 Å². The van der Waals surface area contributed by atoms with Crippen LogP contribution in [-0.2, 0) is 0 Å². The van der Waals surface area contributed by atoms with Gasteiger partial charge in [0.05, 0.1) is 5.69 Å². The van der Waals surface area contributed by atoms with E-state index in [2.05, 4.69) is 248 Å². The summed E-state index contributed by atoms with van der Waals surface area (Å²) in [6, 6.07) is 93.2. The average Bonchev–Trinajstić information content (AvgIpc) is 3.83. The summed E-state index contributed by atoms with van der Waals surface area (Å²) in [6.07, 6.45) is 0. The minimum Gasteiger partial charge on any atom is -0.456 e. The third kappa shape index (κ3) is 7.59. The molecule has 0 radical (unpaired) electrons. The van der Waals surface area contributed by atoms with Gasteiger partial charge in [0.25, 0.3) is 0 Å². The van der Waals surface area contributed by atoms with Gasteiger partial charge >= 0.3 is 0 Å². The molecule has 0 atom stereocenters. The van der Waals surface area contributed by atoms with Gasteiger partial charge in [0.2, 0.25) is 0 Å². The van der Waals surface area contributed by atoms with Gasteiger partial charge in [0.15, 0.2) is 0 Å². The first-order valence-electron chi connectivity index (χ1n) is 21.8. The van der Waals surface area contributed by atoms with Crippen LogP contribution >= 0.6 is 0 Å². The Kier molecular flexibility index (Phi) is 10.3. The maximum Gasteiger partial charge on any atom is 0.135 e. The van der Waals surface area contributed by atoms with Gasteiger partial charge < -0.3 is 9.32 Å². The van der Waals surface area contributed by atoms with Crippen molar-refractivity contribution in [3.8, 4) is 78.1 Å². The van der Waals surface area contributed by atoms with Gasteiger partial charge in [-0.15, -0.1) is 0 Å². The third-order valence-electron chi connectivity index (χ3n) is 12.1. The van der Waals surface area contributed by atoms with E-state index in [1.807, 2.05) is 18.2 Å². The lowest BCUT2D eigenvalue weighted by molar-refractivity contribution is 0.631. The fourth-order valence-electron chi connectivity index (χ4n) is 8.94. The smallest absolute Gasteiger partial charge is 0.135 e. The summed E-state index contributed by atoms with van der Waals surface area (Å²) >= 11 is 0. The molecule has 0 saturated carbocycles. The fraction of sp³-hybridized carbons (Fsp3) is 0. The Morgan fingerprint density at radius 3 is 1.25 bits per heavy atom. The van der Waals surface area contributed by atoms with Crippen molar-refractivity contribution in [3.05, 3.63) is 261 Å². The molecule has 64 heavy (non-hydrogen) atoms. The molecule has 0 fully saturated rings. The quantitative estimate of drug-likeness (QED) is 0.137. The second kappa shape index (κ2) is 17.1. The highest BCUT2D eigenvalue weighted by Crippen LogP contribution is 2.43. The van der Waals surface area contributed by atoms with Gasteiger partial charge in [0.1, 0.15) is 11.3 Å². The Balaban J connectivity index is 0.926. The Morgan fingerprint density at radius 2 is 0.656 bits per heavy atom. The normalized spacial score (nSPS) is 11.1. The number of nitrogens with zero attached hydrogens (tertiary/aromatic N) is 1. The molecule has 0 N–H and O–H groups in total. The van der Waals surface area contributed by atoms with Gasteiger partial charge in [-0.3, -0.25) is 0 Å². The third-order valence-corrected chi connectivity index (χ3v) is 12.1. The number of rotatable bonds is 10. The largest absolute Gasteiger partial charge is 0.456 e. The van der Waals surface area contributed by atoms with Crippen LogP contribution < -0.4 is 4.90 Å². The molecule has 1 heterocycles. The summed E-state index contributed by atoms with van der Waals surface area (Å²) in [5.74, 6) is 0.877. The maximum atomic E-state index is 6.19. The number of furan rings is 1. The van der Waals surface area contributed by atoms with Gasteiger partial charge in [-0.1, -0.05) is 212 Å². The van der Waals surface area contributed by atoms with Crippen LogP contribution in [0.4, 0.5) is 17.1 Å². The highest BCUT2D eigenvalue weighted by atomic mass is 16.3. The molecule has 1 aromatic heterocycles. The molecule has 0 unspecified atom stereocenters. The first-order chi connectivity index (χ1) is 31.7. The summed E-state index contributed by atoms with van der Waals surface area (Å²) in [5.41, 5.74) is 19.4. The van der Waals surface area contributed by atoms with Crippen LogP contribution in [0.15, 0.2) is 265 Å². The summed E-state index contributed by atoms with van der Waals surface area (Å²) in [5, 5.41) is 1.11. The second-order valence-corrected chi connectivity index (χ2v) is 16.1. The van der Waals surface area contributed by atoms with E-state index in [9.17, 15) is 0 Å². The predicted octanol–water partition coefficient (Wildman–Crippen LogP) is 17.6. The zero-order valence-electron chi connectivity index (χ0n) is 35.2. The highest BCUT2D eigenvalue weighted by molar-refractivity contribution is 5.93. The van der Waals surface area contributed by atoms with E-state index in [1.165, 1.54) is 44.5 Å². The number of anilines is 3. The Hall–Kier alpha value is -8.46. The topological polar surface area (TPSA) is 16.4 Å². The number of benzene rings is 10. The van der Waals surface area contributed by atoms with Crippen LogP contribution in [0.3, 0.4) is 0 Å². The van der Waals surface area contributed by atoms with Crippen LogP contribution in [0, 0.1) is 0 Å². The number of hydrogen-bond acceptors (Lipinski definition) is 2. The zero-order valence-corrected chi connectivity index (χ0v) is 35.2. The van der Waals surface area contributed by atoms with E-state index in [0.717, 1.165) is 61.6 Å². The van der Waals surface area contributed by atoms with E-state index >= 15 is 0 Å². The molecule has 2 heteroatoms. The zero-order chi connectivity index (χ0) is 42.7. The van der Waals surface area contributed by atoms with Gasteiger partial charge in [-0.2, -0.15) is 0 Å². The molecule has 10 aromatic carbocycles. The summed E-state index contributed by atoms with van der Waals surface area (Å²) in [7, 11) is 0. The van der Waals surface area contributed by atoms with E-state index in [1.54, 1.807) is 0 Å². The molecular formula is C62H43NO. The van der Waals surface area contributed by atoms with Gasteiger partial charge in [-0.25, -0.2) is 0 Å². The van der Waals surface area contributed by atoms with Crippen molar-refractivity contribution < 1.29 is 4.42 Å². The minimum absolute atomic E-state index is 0.877. The average molecular weight is 818 g/mol. The van der Waals surface area contributed by atoms with E-state index in [-0.39, 0.29) is 0 Å². The van der Waals surface area contributed by atoms with Crippen molar-refractivity contribution >= 4 is 28.0 Å². The van der Waals surface area contributed by atoms with Crippen LogP contribution in [-0.4, -0.2) is 0 Å². The molecule has 11 aromatic rings. The van der Waals surface area contributed by atoms with Gasteiger partial charge in [-0.05, 0) is 110 Å². The molecule has 11 rings (SSSR count). The van der Waals surface area contributed by atoms with E-state index in [4.69, 9.17) is 4.42 Å². The van der Waals surface area contributed by atoms with Crippen molar-refractivity contribution in [2.24, 2.45) is 0 Å². The van der Waals surface area contributed by atoms with Crippen molar-refractivity contribution in [2.75, 3.05) is 4.90 Å². The van der Waals surface area contributed by atoms with Crippen molar-refractivity contribution in [1.29, 1.82) is 0 Å². The van der Waals surface area contributed by atoms with Crippen LogP contribution in [0.25, 0.3) is 89.1 Å². The van der Waals surface area contributed by atoms with Crippen LogP contribution in [0.5, 0.6) is 0 Å². The van der Waals surface area contributed by atoms with Crippen molar-refractivity contribution in [1.82, 2.24) is 0 Å². The molecule has 0 bridgehead atoms. The Bertz CT molecular complexity index is 3320. The lowest BCUT2D eigenvalue weighted by Gasteiger charge is -2.28. The lowest BCUT2D eigenvalue weighted by atomic mass is 9.89. The summed E-state index contributed by atoms with van der Waals surface area (Å²) < 4.78 is 6.19. The monoisotopic (exact) mass is 817 g/mol. The van der Waals surface area contributed by atoms with Crippen molar-refractivity contribution in [3.63, 3.8) is 0 Å². The summed E-state index contributed by atoms with van der Waals surface area (Å²) in [6.45, 7) is 0. The molecule has 0 saturated heterocycles. The SMILES string of the molecule is c1ccc(-c2ccccc2-c2ccccc2-c2ccc(N(c3ccc(-c4ccc(-c5cccc(-c6cc7ccccc7o6)c5)cc4)cc3)c3ccccc3-c3ccccc3)cc2)cc1. The maximum absolute atomic E-state index is 6.19. The lowest BCUT2D eigenvalue weighted by Crippen LogP contribution is -2.11. The Labute approximate surface area is 374 Å². The number of fused-ring (bicyclic) bond motifs is 1. The van der Waals surface area contributed by atoms with Gasteiger partial charge in [0, 0.05) is 27.9 Å². The van der Waals surface area contributed by atoms with E-state index < -0.39 is 0 Å². The molecule has 302 valence electrons. The molecule has 0 spiro atoms. The second-order valence-electron chi connectivity index (χ2n) is 16.1. The summed E-state index contributed by atoms with van der Waals surface area (Å²) in [4.78, 5) is 2.38. The first-order valence-corrected chi connectivity index (χ1v) is 21.8.